The minimum atomic E-state index is -2.23. The Hall–Kier alpha value is -1.48. The quantitative estimate of drug-likeness (QED) is 0.407. The monoisotopic (exact) mass is 369 g/mol. The highest BCUT2D eigenvalue weighted by molar-refractivity contribution is 5.82. The van der Waals surface area contributed by atoms with Gasteiger partial charge in [-0.2, -0.15) is 0 Å². The number of esters is 2. The average molecular weight is 369 g/mol. The highest BCUT2D eigenvalue weighted by atomic mass is 16.6. The van der Waals surface area contributed by atoms with E-state index in [9.17, 15) is 24.9 Å². The predicted molar refractivity (Wildman–Crippen MR) is 89.9 cm³/mol. The molecule has 3 N–H and O–H groups in total. The van der Waals surface area contributed by atoms with Crippen molar-refractivity contribution in [2.45, 2.75) is 50.5 Å². The number of carbonyl (C=O) groups excluding carboxylic acids is 2. The van der Waals surface area contributed by atoms with Crippen LogP contribution < -0.4 is 0 Å². The number of hydrogen-bond acceptors (Lipinski definition) is 8. The Morgan fingerprint density at radius 1 is 1.23 bits per heavy atom. The summed E-state index contributed by atoms with van der Waals surface area (Å²) in [5.41, 5.74) is -3.36. The van der Waals surface area contributed by atoms with E-state index in [2.05, 4.69) is 4.90 Å². The Morgan fingerprint density at radius 3 is 2.58 bits per heavy atom. The van der Waals surface area contributed by atoms with E-state index in [1.165, 1.54) is 20.8 Å². The zero-order valence-electron chi connectivity index (χ0n) is 15.3. The normalized spacial score (nSPS) is 44.5. The van der Waals surface area contributed by atoms with Gasteiger partial charge in [0.1, 0.15) is 12.7 Å². The third-order valence-corrected chi connectivity index (χ3v) is 6.44. The van der Waals surface area contributed by atoms with Crippen molar-refractivity contribution in [3.63, 3.8) is 0 Å². The molecule has 26 heavy (non-hydrogen) atoms. The standard InChI is InChI=1S/C18H27NO7/c1-10-11(2)18(24,9-20)16(22)25-8-12-4-6-19-7-5-13(14(12)19)26-15(21)17(10,3)23/h4,10-11,13-14,20,23-24H,5-9H2,1-3H3/t10-,11?,13-,14?,17?,18?/m1/s1. The van der Waals surface area contributed by atoms with Gasteiger partial charge in [-0.1, -0.05) is 19.9 Å². The fraction of sp³-hybridized carbons (Fsp3) is 0.778. The lowest BCUT2D eigenvalue weighted by atomic mass is 9.73. The van der Waals surface area contributed by atoms with E-state index < -0.39 is 47.7 Å². The fourth-order valence-electron chi connectivity index (χ4n) is 4.14. The van der Waals surface area contributed by atoms with Crippen molar-refractivity contribution in [3.8, 4) is 0 Å². The van der Waals surface area contributed by atoms with Crippen molar-refractivity contribution < 1.29 is 34.4 Å². The van der Waals surface area contributed by atoms with Crippen LogP contribution >= 0.6 is 0 Å². The number of aliphatic hydroxyl groups excluding tert-OH is 1. The molecule has 4 unspecified atom stereocenters. The number of cyclic esters (lactones) is 1. The second kappa shape index (κ2) is 6.60. The van der Waals surface area contributed by atoms with Crippen LogP contribution in [0.1, 0.15) is 27.2 Å². The summed E-state index contributed by atoms with van der Waals surface area (Å²) >= 11 is 0. The molecule has 0 bridgehead atoms. The Kier molecular flexibility index (Phi) is 4.89. The molecule has 3 aliphatic rings. The van der Waals surface area contributed by atoms with Crippen LogP contribution in [0.15, 0.2) is 11.6 Å². The Bertz CT molecular complexity index is 631. The third-order valence-electron chi connectivity index (χ3n) is 6.44. The molecular weight excluding hydrogens is 342 g/mol. The van der Waals surface area contributed by atoms with Crippen molar-refractivity contribution in [2.24, 2.45) is 11.8 Å². The van der Waals surface area contributed by atoms with Crippen LogP contribution in [0.25, 0.3) is 0 Å². The number of carbonyl (C=O) groups is 2. The smallest absolute Gasteiger partial charge is 0.341 e. The molecule has 0 spiro atoms. The van der Waals surface area contributed by atoms with Gasteiger partial charge in [0.15, 0.2) is 11.2 Å². The van der Waals surface area contributed by atoms with Crippen LogP contribution in [0, 0.1) is 11.8 Å². The maximum Gasteiger partial charge on any atom is 0.341 e. The van der Waals surface area contributed by atoms with Gasteiger partial charge in [0.2, 0.25) is 0 Å². The summed E-state index contributed by atoms with van der Waals surface area (Å²) < 4.78 is 10.9. The minimum Gasteiger partial charge on any atom is -0.459 e. The number of ether oxygens (including phenoxy) is 2. The van der Waals surface area contributed by atoms with Crippen LogP contribution in [0.4, 0.5) is 0 Å². The predicted octanol–water partition coefficient (Wildman–Crippen LogP) is -0.784. The van der Waals surface area contributed by atoms with Crippen LogP contribution in [0.3, 0.4) is 0 Å². The van der Waals surface area contributed by atoms with Crippen LogP contribution in [-0.2, 0) is 19.1 Å². The van der Waals surface area contributed by atoms with Gasteiger partial charge >= 0.3 is 11.9 Å². The van der Waals surface area contributed by atoms with Gasteiger partial charge in [-0.05, 0) is 18.9 Å². The molecule has 146 valence electrons. The van der Waals surface area contributed by atoms with E-state index in [1.807, 2.05) is 6.08 Å². The zero-order valence-corrected chi connectivity index (χ0v) is 15.3. The molecule has 0 aliphatic carbocycles. The number of rotatable bonds is 1. The molecule has 3 aliphatic heterocycles. The molecule has 0 aromatic rings. The average Bonchev–Trinajstić information content (AvgIpc) is 3.19. The molecule has 6 atom stereocenters. The second-order valence-electron chi connectivity index (χ2n) is 7.83. The summed E-state index contributed by atoms with van der Waals surface area (Å²) in [6, 6.07) is -0.197. The maximum absolute atomic E-state index is 12.7. The van der Waals surface area contributed by atoms with Crippen molar-refractivity contribution in [1.29, 1.82) is 0 Å². The highest BCUT2D eigenvalue weighted by Crippen LogP contribution is 2.37. The van der Waals surface area contributed by atoms with Crippen molar-refractivity contribution in [1.82, 2.24) is 4.90 Å². The third kappa shape index (κ3) is 2.85. The van der Waals surface area contributed by atoms with Crippen molar-refractivity contribution in [2.75, 3.05) is 26.3 Å². The molecule has 0 amide bonds. The van der Waals surface area contributed by atoms with Crippen LogP contribution in [-0.4, -0.2) is 81.8 Å². The van der Waals surface area contributed by atoms with E-state index in [-0.39, 0.29) is 12.6 Å². The highest BCUT2D eigenvalue weighted by Gasteiger charge is 2.54. The number of aliphatic hydroxyl groups is 3. The lowest BCUT2D eigenvalue weighted by Gasteiger charge is -2.40. The Morgan fingerprint density at radius 2 is 1.92 bits per heavy atom. The second-order valence-corrected chi connectivity index (χ2v) is 7.83. The van der Waals surface area contributed by atoms with Gasteiger partial charge in [0.05, 0.1) is 12.6 Å². The minimum absolute atomic E-state index is 0.0339. The van der Waals surface area contributed by atoms with E-state index in [1.54, 1.807) is 0 Å². The summed E-state index contributed by atoms with van der Waals surface area (Å²) in [5.74, 6) is -3.56. The van der Waals surface area contributed by atoms with E-state index in [0.29, 0.717) is 13.0 Å². The molecule has 8 nitrogen and oxygen atoms in total. The molecular formula is C18H27NO7. The van der Waals surface area contributed by atoms with E-state index >= 15 is 0 Å². The first-order chi connectivity index (χ1) is 12.1. The Balaban J connectivity index is 1.98. The Labute approximate surface area is 152 Å². The maximum atomic E-state index is 12.7. The first-order valence-electron chi connectivity index (χ1n) is 8.99. The first-order valence-corrected chi connectivity index (χ1v) is 8.99. The van der Waals surface area contributed by atoms with Gasteiger partial charge in [-0.3, -0.25) is 4.90 Å². The summed E-state index contributed by atoms with van der Waals surface area (Å²) in [7, 11) is 0. The van der Waals surface area contributed by atoms with Crippen LogP contribution in [0.5, 0.6) is 0 Å². The zero-order chi connectivity index (χ0) is 19.3. The topological polar surface area (TPSA) is 117 Å². The van der Waals surface area contributed by atoms with Gasteiger partial charge in [0, 0.05) is 24.9 Å². The van der Waals surface area contributed by atoms with E-state index in [0.717, 1.165) is 12.1 Å². The first kappa shape index (κ1) is 19.3. The number of nitrogens with zero attached hydrogens (tertiary/aromatic N) is 1. The summed E-state index contributed by atoms with van der Waals surface area (Å²) in [4.78, 5) is 27.3. The van der Waals surface area contributed by atoms with Gasteiger partial charge < -0.3 is 24.8 Å². The molecule has 0 saturated carbocycles. The van der Waals surface area contributed by atoms with Crippen LogP contribution in [0.2, 0.25) is 0 Å². The molecule has 8 heteroatoms. The molecule has 0 aromatic carbocycles. The largest absolute Gasteiger partial charge is 0.459 e. The fourth-order valence-corrected chi connectivity index (χ4v) is 4.14. The summed E-state index contributed by atoms with van der Waals surface area (Å²) in [6.07, 6.45) is 2.15. The summed E-state index contributed by atoms with van der Waals surface area (Å²) in [6.45, 7) is 4.83. The molecule has 0 aromatic heterocycles. The van der Waals surface area contributed by atoms with Gasteiger partial charge in [-0.25, -0.2) is 9.59 Å². The molecule has 3 rings (SSSR count). The molecule has 2 saturated heterocycles. The molecule has 3 heterocycles. The summed E-state index contributed by atoms with van der Waals surface area (Å²) in [5, 5.41) is 31.2. The van der Waals surface area contributed by atoms with Crippen molar-refractivity contribution in [3.05, 3.63) is 11.6 Å². The molecule has 2 fully saturated rings. The van der Waals surface area contributed by atoms with Crippen molar-refractivity contribution >= 4 is 11.9 Å². The molecule has 0 radical (unpaired) electrons. The lowest BCUT2D eigenvalue weighted by molar-refractivity contribution is -0.195. The SMILES string of the molecule is CC1[C@@H](C)C(C)(O)C(=O)O[C@@H]2CCN3CC=C(COC(=O)C1(O)CO)C23. The number of hydrogen-bond donors (Lipinski definition) is 3. The van der Waals surface area contributed by atoms with Gasteiger partial charge in [-0.15, -0.1) is 0 Å². The lowest BCUT2D eigenvalue weighted by Crippen LogP contribution is -2.58. The van der Waals surface area contributed by atoms with E-state index in [4.69, 9.17) is 9.47 Å². The van der Waals surface area contributed by atoms with Gasteiger partial charge in [0.25, 0.3) is 0 Å².